The number of hydrogen-bond acceptors (Lipinski definition) is 7. The average molecular weight is 434 g/mol. The molecule has 32 heavy (non-hydrogen) atoms. The first-order chi connectivity index (χ1) is 15.7. The van der Waals surface area contributed by atoms with Crippen molar-refractivity contribution < 1.29 is 14.8 Å². The number of nitrogens with two attached hydrogens (primary N) is 1. The number of aromatic nitrogens is 3. The molecule has 2 fully saturated rings. The van der Waals surface area contributed by atoms with E-state index >= 15 is 0 Å². The van der Waals surface area contributed by atoms with Crippen LogP contribution in [0.25, 0.3) is 11.3 Å². The van der Waals surface area contributed by atoms with Crippen LogP contribution in [-0.4, -0.2) is 66.6 Å². The van der Waals surface area contributed by atoms with Gasteiger partial charge in [0, 0.05) is 37.7 Å². The molecule has 3 aromatic rings. The number of ether oxygens (including phenoxy) is 2. The number of rotatable bonds is 7. The first-order valence-electron chi connectivity index (χ1n) is 11.0. The Kier molecular flexibility index (Phi) is 5.98. The second-order valence-corrected chi connectivity index (χ2v) is 8.48. The number of nitrogens with zero attached hydrogens (tertiary/aromatic N) is 4. The Morgan fingerprint density at radius 3 is 2.59 bits per heavy atom. The maximum absolute atomic E-state index is 6.11. The molecule has 4 heterocycles. The Bertz CT molecular complexity index is 1030. The Hall–Kier alpha value is -3.07. The average Bonchev–Trinajstić information content (AvgIpc) is 3.42. The van der Waals surface area contributed by atoms with Crippen LogP contribution < -0.4 is 15.5 Å². The highest BCUT2D eigenvalue weighted by molar-refractivity contribution is 5.63. The van der Waals surface area contributed by atoms with Crippen molar-refractivity contribution in [1.82, 2.24) is 15.0 Å². The van der Waals surface area contributed by atoms with Gasteiger partial charge in [-0.2, -0.15) is 0 Å². The van der Waals surface area contributed by atoms with Gasteiger partial charge in [0.1, 0.15) is 31.4 Å². The molecule has 2 aliphatic heterocycles. The van der Waals surface area contributed by atoms with Gasteiger partial charge >= 0.3 is 0 Å². The van der Waals surface area contributed by atoms with E-state index in [9.17, 15) is 0 Å². The molecule has 5 rings (SSSR count). The fourth-order valence-electron chi connectivity index (χ4n) is 4.33. The Balaban J connectivity index is 1.21. The molecule has 0 bridgehead atoms. The maximum Gasteiger partial charge on any atom is 0.223 e. The molecule has 4 atom stereocenters. The summed E-state index contributed by atoms with van der Waals surface area (Å²) in [5.41, 5.74) is 4.16. The van der Waals surface area contributed by atoms with Crippen molar-refractivity contribution in [1.29, 1.82) is 0 Å². The van der Waals surface area contributed by atoms with E-state index in [0.29, 0.717) is 19.2 Å². The Labute approximate surface area is 188 Å². The number of anilines is 2. The van der Waals surface area contributed by atoms with E-state index in [2.05, 4.69) is 49.8 Å². The second kappa shape index (κ2) is 9.20. The van der Waals surface area contributed by atoms with Crippen LogP contribution in [0.5, 0.6) is 0 Å². The first kappa shape index (κ1) is 20.8. The highest BCUT2D eigenvalue weighted by Gasteiger charge is 2.49. The lowest BCUT2D eigenvalue weighted by Crippen LogP contribution is -2.91. The van der Waals surface area contributed by atoms with Crippen molar-refractivity contribution >= 4 is 11.6 Å². The number of nitrogens with one attached hydrogen (secondary N) is 1. The van der Waals surface area contributed by atoms with Gasteiger partial charge in [0.05, 0.1) is 24.0 Å². The lowest BCUT2D eigenvalue weighted by atomic mass is 10.1. The highest BCUT2D eigenvalue weighted by Crippen LogP contribution is 2.28. The van der Waals surface area contributed by atoms with Gasteiger partial charge in [-0.1, -0.05) is 18.2 Å². The lowest BCUT2D eigenvalue weighted by Gasteiger charge is -2.17. The zero-order valence-electron chi connectivity index (χ0n) is 18.4. The maximum atomic E-state index is 6.11. The molecule has 166 valence electrons. The standard InChI is InChI=1S/C24H28N6O2/c1-30(2)18-8-6-16(7-9-18)19-10-12-26-24(28-19)29-21-15-32-22-20(14-31-23(21)22)27-13-17-5-3-4-11-25-17/h3-12,20-23,27H,13-15H2,1-2H3,(H,26,28,29)/p+1/t20-,21-,22+,23+/m0/s1. The Morgan fingerprint density at radius 1 is 0.969 bits per heavy atom. The quantitative estimate of drug-likeness (QED) is 0.581. The van der Waals surface area contributed by atoms with Crippen LogP contribution in [-0.2, 0) is 16.0 Å². The van der Waals surface area contributed by atoms with Crippen LogP contribution in [0.1, 0.15) is 5.69 Å². The zero-order chi connectivity index (χ0) is 21.9. The van der Waals surface area contributed by atoms with Crippen LogP contribution in [0.4, 0.5) is 11.6 Å². The third-order valence-corrected chi connectivity index (χ3v) is 6.10. The smallest absolute Gasteiger partial charge is 0.223 e. The minimum absolute atomic E-state index is 0.00777. The van der Waals surface area contributed by atoms with E-state index < -0.39 is 0 Å². The number of benzene rings is 1. The summed E-state index contributed by atoms with van der Waals surface area (Å²) in [6.07, 6.45) is 3.66. The second-order valence-electron chi connectivity index (χ2n) is 8.48. The topological polar surface area (TPSA) is 89.0 Å². The van der Waals surface area contributed by atoms with Gasteiger partial charge in [0.15, 0.2) is 0 Å². The first-order valence-corrected chi connectivity index (χ1v) is 11.0. The molecular formula is C24H29N6O2+. The summed E-state index contributed by atoms with van der Waals surface area (Å²) in [6, 6.07) is 16.6. The molecule has 2 aliphatic rings. The fourth-order valence-corrected chi connectivity index (χ4v) is 4.33. The van der Waals surface area contributed by atoms with Gasteiger partial charge in [-0.15, -0.1) is 0 Å². The summed E-state index contributed by atoms with van der Waals surface area (Å²) >= 11 is 0. The molecule has 3 N–H and O–H groups in total. The van der Waals surface area contributed by atoms with Crippen LogP contribution in [0, 0.1) is 0 Å². The van der Waals surface area contributed by atoms with Gasteiger partial charge in [0.25, 0.3) is 0 Å². The van der Waals surface area contributed by atoms with Gasteiger partial charge in [0.2, 0.25) is 5.95 Å². The normalized spacial score (nSPS) is 24.3. The summed E-state index contributed by atoms with van der Waals surface area (Å²) in [5, 5.41) is 5.71. The van der Waals surface area contributed by atoms with E-state index in [0.717, 1.165) is 29.2 Å². The van der Waals surface area contributed by atoms with Crippen molar-refractivity contribution in [2.75, 3.05) is 37.5 Å². The Morgan fingerprint density at radius 2 is 1.81 bits per heavy atom. The van der Waals surface area contributed by atoms with Crippen molar-refractivity contribution in [3.8, 4) is 11.3 Å². The minimum atomic E-state index is -0.00777. The van der Waals surface area contributed by atoms with Crippen LogP contribution in [0.2, 0.25) is 0 Å². The fraction of sp³-hybridized carbons (Fsp3) is 0.375. The largest absolute Gasteiger partial charge is 0.378 e. The minimum Gasteiger partial charge on any atom is -0.378 e. The number of fused-ring (bicyclic) bond motifs is 1. The molecular weight excluding hydrogens is 404 g/mol. The van der Waals surface area contributed by atoms with Gasteiger partial charge in [-0.05, 0) is 30.3 Å². The lowest BCUT2D eigenvalue weighted by molar-refractivity contribution is -0.708. The van der Waals surface area contributed by atoms with Crippen LogP contribution in [0.3, 0.4) is 0 Å². The third-order valence-electron chi connectivity index (χ3n) is 6.10. The SMILES string of the molecule is CN(C)c1ccc(-c2ccnc(N[C@H]3CO[C@H]4[C@@H]3OC[C@@H]4[NH2+]Cc3ccccn3)n2)cc1. The monoisotopic (exact) mass is 433 g/mol. The molecule has 1 aromatic carbocycles. The summed E-state index contributed by atoms with van der Waals surface area (Å²) in [5.74, 6) is 0.595. The predicted octanol–water partition coefficient (Wildman–Crippen LogP) is 1.31. The molecule has 2 saturated heterocycles. The summed E-state index contributed by atoms with van der Waals surface area (Å²) < 4.78 is 12.2. The van der Waals surface area contributed by atoms with E-state index in [-0.39, 0.29) is 24.3 Å². The number of pyridine rings is 1. The molecule has 0 aliphatic carbocycles. The van der Waals surface area contributed by atoms with Crippen molar-refractivity contribution in [2.24, 2.45) is 0 Å². The van der Waals surface area contributed by atoms with Gasteiger partial charge in [-0.25, -0.2) is 9.97 Å². The molecule has 0 radical (unpaired) electrons. The van der Waals surface area contributed by atoms with Crippen molar-refractivity contribution in [3.05, 3.63) is 66.6 Å². The molecule has 8 nitrogen and oxygen atoms in total. The van der Waals surface area contributed by atoms with E-state index in [1.54, 1.807) is 6.20 Å². The van der Waals surface area contributed by atoms with E-state index in [1.165, 1.54) is 0 Å². The highest BCUT2D eigenvalue weighted by atomic mass is 16.6. The number of hydrogen-bond donors (Lipinski definition) is 2. The molecule has 2 aromatic heterocycles. The van der Waals surface area contributed by atoms with Crippen molar-refractivity contribution in [3.63, 3.8) is 0 Å². The molecule has 8 heteroatoms. The summed E-state index contributed by atoms with van der Waals surface area (Å²) in [7, 11) is 4.06. The van der Waals surface area contributed by atoms with Crippen molar-refractivity contribution in [2.45, 2.75) is 30.8 Å². The van der Waals surface area contributed by atoms with Crippen LogP contribution >= 0.6 is 0 Å². The summed E-state index contributed by atoms with van der Waals surface area (Å²) in [6.45, 7) is 2.06. The molecule has 0 spiro atoms. The van der Waals surface area contributed by atoms with Gasteiger partial charge < -0.3 is 25.0 Å². The van der Waals surface area contributed by atoms with E-state index in [4.69, 9.17) is 14.5 Å². The number of quaternary nitrogens is 1. The third kappa shape index (κ3) is 4.43. The molecule has 0 saturated carbocycles. The molecule has 0 unspecified atom stereocenters. The van der Waals surface area contributed by atoms with E-state index in [1.807, 2.05) is 44.6 Å². The summed E-state index contributed by atoms with van der Waals surface area (Å²) in [4.78, 5) is 15.6. The van der Waals surface area contributed by atoms with Gasteiger partial charge in [-0.3, -0.25) is 4.98 Å². The van der Waals surface area contributed by atoms with Crippen LogP contribution in [0.15, 0.2) is 60.9 Å². The predicted molar refractivity (Wildman–Crippen MR) is 122 cm³/mol. The zero-order valence-corrected chi connectivity index (χ0v) is 18.4. The molecule has 0 amide bonds.